The maximum absolute atomic E-state index is 13.3. The summed E-state index contributed by atoms with van der Waals surface area (Å²) in [7, 11) is -3.66. The average molecular weight is 356 g/mol. The first-order chi connectivity index (χ1) is 12.1. The minimum absolute atomic E-state index is 0.266. The van der Waals surface area contributed by atoms with Crippen LogP contribution in [0.1, 0.15) is 17.3 Å². The second kappa shape index (κ2) is 6.13. The van der Waals surface area contributed by atoms with Gasteiger partial charge in [0.15, 0.2) is 0 Å². The summed E-state index contributed by atoms with van der Waals surface area (Å²) in [6, 6.07) is 17.8. The predicted octanol–water partition coefficient (Wildman–Crippen LogP) is 3.42. The van der Waals surface area contributed by atoms with E-state index in [1.165, 1.54) is 16.4 Å². The van der Waals surface area contributed by atoms with E-state index in [2.05, 4.69) is 0 Å². The van der Waals surface area contributed by atoms with Crippen LogP contribution in [0.5, 0.6) is 0 Å². The molecule has 4 nitrogen and oxygen atoms in total. The van der Waals surface area contributed by atoms with Gasteiger partial charge in [0.2, 0.25) is 10.0 Å². The fourth-order valence-electron chi connectivity index (χ4n) is 3.33. The summed E-state index contributed by atoms with van der Waals surface area (Å²) in [5, 5.41) is 0. The van der Waals surface area contributed by atoms with Crippen LogP contribution in [-0.2, 0) is 16.6 Å². The molecule has 0 amide bonds. The van der Waals surface area contributed by atoms with E-state index in [9.17, 15) is 12.8 Å². The quantitative estimate of drug-likeness (QED) is 0.722. The highest BCUT2D eigenvalue weighted by Crippen LogP contribution is 2.36. The van der Waals surface area contributed by atoms with Crippen molar-refractivity contribution in [3.63, 3.8) is 0 Å². The van der Waals surface area contributed by atoms with Gasteiger partial charge in [-0.25, -0.2) is 12.8 Å². The molecule has 0 fully saturated rings. The van der Waals surface area contributed by atoms with Crippen LogP contribution in [0.2, 0.25) is 0 Å². The van der Waals surface area contributed by atoms with Crippen molar-refractivity contribution in [1.82, 2.24) is 8.87 Å². The van der Waals surface area contributed by atoms with E-state index in [0.717, 1.165) is 11.3 Å². The van der Waals surface area contributed by atoms with Gasteiger partial charge in [-0.1, -0.05) is 30.3 Å². The predicted molar refractivity (Wildman–Crippen MR) is 93.0 cm³/mol. The van der Waals surface area contributed by atoms with Crippen molar-refractivity contribution in [2.45, 2.75) is 17.5 Å². The molecule has 2 heterocycles. The number of hydrogen-bond acceptors (Lipinski definition) is 2. The third kappa shape index (κ3) is 2.77. The van der Waals surface area contributed by atoms with Crippen molar-refractivity contribution in [1.29, 1.82) is 0 Å². The van der Waals surface area contributed by atoms with Gasteiger partial charge in [-0.05, 0) is 42.0 Å². The van der Waals surface area contributed by atoms with Gasteiger partial charge in [-0.15, -0.1) is 0 Å². The van der Waals surface area contributed by atoms with Crippen LogP contribution in [0.4, 0.5) is 4.39 Å². The molecule has 25 heavy (non-hydrogen) atoms. The summed E-state index contributed by atoms with van der Waals surface area (Å²) < 4.78 is 43.3. The monoisotopic (exact) mass is 356 g/mol. The van der Waals surface area contributed by atoms with Crippen molar-refractivity contribution < 1.29 is 12.8 Å². The second-order valence-electron chi connectivity index (χ2n) is 6.01. The van der Waals surface area contributed by atoms with E-state index in [-0.39, 0.29) is 10.7 Å². The van der Waals surface area contributed by atoms with E-state index in [1.54, 1.807) is 42.5 Å². The molecule has 0 aliphatic carbocycles. The van der Waals surface area contributed by atoms with Gasteiger partial charge in [0.25, 0.3) is 0 Å². The van der Waals surface area contributed by atoms with Crippen molar-refractivity contribution in [2.24, 2.45) is 0 Å². The lowest BCUT2D eigenvalue weighted by Crippen LogP contribution is -2.42. The van der Waals surface area contributed by atoms with Crippen LogP contribution >= 0.6 is 0 Å². The number of fused-ring (bicyclic) bond motifs is 1. The van der Waals surface area contributed by atoms with Crippen molar-refractivity contribution in [3.05, 3.63) is 90.0 Å². The lowest BCUT2D eigenvalue weighted by atomic mass is 10.0. The Kier molecular flexibility index (Phi) is 3.94. The summed E-state index contributed by atoms with van der Waals surface area (Å²) in [5.41, 5.74) is 1.64. The Labute approximate surface area is 146 Å². The molecule has 0 spiro atoms. The molecule has 6 heteroatoms. The minimum atomic E-state index is -3.66. The molecule has 128 valence electrons. The number of sulfonamides is 1. The fourth-order valence-corrected chi connectivity index (χ4v) is 4.93. The summed E-state index contributed by atoms with van der Waals surface area (Å²) in [5.74, 6) is -0.340. The SMILES string of the molecule is O=S(=O)(c1ccccc1)N1CCn2cccc2C1c1ccc(F)cc1. The van der Waals surface area contributed by atoms with E-state index < -0.39 is 16.1 Å². The van der Waals surface area contributed by atoms with Gasteiger partial charge >= 0.3 is 0 Å². The Bertz CT molecular complexity index is 982. The van der Waals surface area contributed by atoms with Gasteiger partial charge in [0, 0.05) is 25.0 Å². The zero-order chi connectivity index (χ0) is 17.4. The van der Waals surface area contributed by atoms with Crippen LogP contribution < -0.4 is 0 Å². The molecule has 1 aromatic heterocycles. The summed E-state index contributed by atoms with van der Waals surface area (Å²) in [6.45, 7) is 0.951. The van der Waals surface area contributed by atoms with Crippen LogP contribution in [0.25, 0.3) is 0 Å². The Hall–Kier alpha value is -2.44. The molecular weight excluding hydrogens is 339 g/mol. The minimum Gasteiger partial charge on any atom is -0.348 e. The average Bonchev–Trinajstić information content (AvgIpc) is 3.11. The Morgan fingerprint density at radius 2 is 1.60 bits per heavy atom. The van der Waals surface area contributed by atoms with Crippen molar-refractivity contribution >= 4 is 10.0 Å². The van der Waals surface area contributed by atoms with Crippen LogP contribution in [0.15, 0.2) is 77.8 Å². The topological polar surface area (TPSA) is 42.3 Å². The first kappa shape index (κ1) is 16.1. The standard InChI is InChI=1S/C19H17FN2O2S/c20-16-10-8-15(9-11-16)19-18-7-4-12-21(18)13-14-22(19)25(23,24)17-5-2-1-3-6-17/h1-12,19H,13-14H2. The first-order valence-electron chi connectivity index (χ1n) is 8.05. The molecule has 0 radical (unpaired) electrons. The molecule has 1 atom stereocenters. The molecule has 4 rings (SSSR count). The molecule has 0 saturated carbocycles. The summed E-state index contributed by atoms with van der Waals surface area (Å²) >= 11 is 0. The van der Waals surface area contributed by atoms with E-state index in [1.807, 2.05) is 22.9 Å². The molecule has 1 aliphatic heterocycles. The maximum atomic E-state index is 13.3. The number of aromatic nitrogens is 1. The van der Waals surface area contributed by atoms with E-state index >= 15 is 0 Å². The molecule has 3 aromatic rings. The van der Waals surface area contributed by atoms with Crippen LogP contribution in [0, 0.1) is 5.82 Å². The molecule has 0 N–H and O–H groups in total. The van der Waals surface area contributed by atoms with Gasteiger partial charge in [-0.2, -0.15) is 4.31 Å². The number of nitrogens with zero attached hydrogens (tertiary/aromatic N) is 2. The molecule has 0 bridgehead atoms. The van der Waals surface area contributed by atoms with Gasteiger partial charge in [0.05, 0.1) is 10.9 Å². The fraction of sp³-hybridized carbons (Fsp3) is 0.158. The lowest BCUT2D eigenvalue weighted by molar-refractivity contribution is 0.298. The number of hydrogen-bond donors (Lipinski definition) is 0. The van der Waals surface area contributed by atoms with Crippen LogP contribution in [-0.4, -0.2) is 23.8 Å². The Morgan fingerprint density at radius 1 is 0.880 bits per heavy atom. The smallest absolute Gasteiger partial charge is 0.244 e. The Morgan fingerprint density at radius 3 is 2.32 bits per heavy atom. The molecular formula is C19H17FN2O2S. The number of halogens is 1. The van der Waals surface area contributed by atoms with Crippen molar-refractivity contribution in [3.8, 4) is 0 Å². The summed E-state index contributed by atoms with van der Waals surface area (Å²) in [6.07, 6.45) is 1.94. The largest absolute Gasteiger partial charge is 0.348 e. The van der Waals surface area contributed by atoms with Gasteiger partial charge in [-0.3, -0.25) is 0 Å². The van der Waals surface area contributed by atoms with E-state index in [0.29, 0.717) is 13.1 Å². The highest BCUT2D eigenvalue weighted by Gasteiger charge is 2.37. The third-order valence-electron chi connectivity index (χ3n) is 4.53. The lowest BCUT2D eigenvalue weighted by Gasteiger charge is -2.36. The number of rotatable bonds is 3. The molecule has 1 aliphatic rings. The zero-order valence-electron chi connectivity index (χ0n) is 13.4. The number of benzene rings is 2. The Balaban J connectivity index is 1.85. The normalized spacial score (nSPS) is 18.0. The summed E-state index contributed by atoms with van der Waals surface area (Å²) in [4.78, 5) is 0.266. The van der Waals surface area contributed by atoms with Gasteiger partial charge < -0.3 is 4.57 Å². The van der Waals surface area contributed by atoms with Crippen LogP contribution in [0.3, 0.4) is 0 Å². The zero-order valence-corrected chi connectivity index (χ0v) is 14.2. The first-order valence-corrected chi connectivity index (χ1v) is 9.49. The molecule has 0 saturated heterocycles. The third-order valence-corrected chi connectivity index (χ3v) is 6.41. The van der Waals surface area contributed by atoms with Crippen molar-refractivity contribution in [2.75, 3.05) is 6.54 Å². The molecule has 2 aromatic carbocycles. The van der Waals surface area contributed by atoms with Gasteiger partial charge in [0.1, 0.15) is 5.82 Å². The highest BCUT2D eigenvalue weighted by molar-refractivity contribution is 7.89. The maximum Gasteiger partial charge on any atom is 0.244 e. The highest BCUT2D eigenvalue weighted by atomic mass is 32.2. The van der Waals surface area contributed by atoms with E-state index in [4.69, 9.17) is 0 Å². The molecule has 1 unspecified atom stereocenters. The second-order valence-corrected chi connectivity index (χ2v) is 7.90.